The van der Waals surface area contributed by atoms with Crippen LogP contribution < -0.4 is 16.0 Å². The lowest BCUT2D eigenvalue weighted by atomic mass is 10.1. The van der Waals surface area contributed by atoms with E-state index in [2.05, 4.69) is 30.8 Å². The van der Waals surface area contributed by atoms with Crippen LogP contribution in [0, 0.1) is 5.92 Å². The van der Waals surface area contributed by atoms with Crippen molar-refractivity contribution in [1.29, 1.82) is 0 Å². The highest BCUT2D eigenvalue weighted by Crippen LogP contribution is 2.30. The molecule has 4 amide bonds. The van der Waals surface area contributed by atoms with Gasteiger partial charge in [0.1, 0.15) is 11.9 Å². The number of hydrogen-bond donors (Lipinski definition) is 4. The van der Waals surface area contributed by atoms with Crippen LogP contribution in [0.1, 0.15) is 38.9 Å². The van der Waals surface area contributed by atoms with Crippen LogP contribution >= 0.6 is 0 Å². The molecule has 2 saturated heterocycles. The van der Waals surface area contributed by atoms with Gasteiger partial charge in [-0.2, -0.15) is 0 Å². The highest BCUT2D eigenvalue weighted by molar-refractivity contribution is 5.86. The molecule has 0 radical (unpaired) electrons. The van der Waals surface area contributed by atoms with E-state index in [1.165, 1.54) is 0 Å². The SMILES string of the molecule is CC(C)NC(=O)N[C@H]1C[C@H]2CN(Cc3ncc[nH]3)[C@@H](CNC(=O)C3CC3)C(=O)N2C1. The minimum Gasteiger partial charge on any atom is -0.354 e. The fourth-order valence-electron chi connectivity index (χ4n) is 4.35. The maximum Gasteiger partial charge on any atom is 0.315 e. The van der Waals surface area contributed by atoms with Crippen molar-refractivity contribution in [3.8, 4) is 0 Å². The monoisotopic (exact) mass is 417 g/mol. The van der Waals surface area contributed by atoms with E-state index in [-0.39, 0.29) is 41.9 Å². The zero-order valence-corrected chi connectivity index (χ0v) is 17.6. The van der Waals surface area contributed by atoms with Gasteiger partial charge >= 0.3 is 6.03 Å². The smallest absolute Gasteiger partial charge is 0.315 e. The molecular formula is C20H31N7O3. The van der Waals surface area contributed by atoms with Crippen LogP contribution in [-0.4, -0.2) is 81.4 Å². The van der Waals surface area contributed by atoms with Gasteiger partial charge in [-0.15, -0.1) is 0 Å². The van der Waals surface area contributed by atoms with Gasteiger partial charge in [0.25, 0.3) is 0 Å². The molecule has 30 heavy (non-hydrogen) atoms. The van der Waals surface area contributed by atoms with E-state index in [0.717, 1.165) is 18.7 Å². The molecule has 3 heterocycles. The number of carbonyl (C=O) groups is 3. The van der Waals surface area contributed by atoms with Crippen LogP contribution in [0.5, 0.6) is 0 Å². The zero-order chi connectivity index (χ0) is 21.3. The summed E-state index contributed by atoms with van der Waals surface area (Å²) in [6.07, 6.45) is 6.04. The van der Waals surface area contributed by atoms with E-state index in [1.807, 2.05) is 18.7 Å². The molecule has 0 unspecified atom stereocenters. The zero-order valence-electron chi connectivity index (χ0n) is 17.6. The fraction of sp³-hybridized carbons (Fsp3) is 0.700. The first-order valence-electron chi connectivity index (χ1n) is 10.8. The number of nitrogens with one attached hydrogen (secondary N) is 4. The Morgan fingerprint density at radius 1 is 1.30 bits per heavy atom. The number of carbonyl (C=O) groups excluding carboxylic acids is 3. The molecule has 1 saturated carbocycles. The van der Waals surface area contributed by atoms with E-state index >= 15 is 0 Å². The molecule has 1 aromatic rings. The molecule has 164 valence electrons. The molecule has 3 fully saturated rings. The van der Waals surface area contributed by atoms with E-state index < -0.39 is 6.04 Å². The summed E-state index contributed by atoms with van der Waals surface area (Å²) in [5.41, 5.74) is 0. The first-order chi connectivity index (χ1) is 14.4. The molecular weight excluding hydrogens is 386 g/mol. The van der Waals surface area contributed by atoms with Gasteiger partial charge < -0.3 is 25.8 Å². The fourth-order valence-corrected chi connectivity index (χ4v) is 4.35. The predicted octanol–water partition coefficient (Wildman–Crippen LogP) is -0.203. The number of nitrogens with zero attached hydrogens (tertiary/aromatic N) is 3. The summed E-state index contributed by atoms with van der Waals surface area (Å²) in [4.78, 5) is 48.9. The number of piperazine rings is 1. The second-order valence-electron chi connectivity index (χ2n) is 8.85. The van der Waals surface area contributed by atoms with E-state index in [9.17, 15) is 14.4 Å². The lowest BCUT2D eigenvalue weighted by Crippen LogP contribution is -2.62. The van der Waals surface area contributed by atoms with Gasteiger partial charge in [-0.05, 0) is 33.1 Å². The van der Waals surface area contributed by atoms with Crippen molar-refractivity contribution in [3.63, 3.8) is 0 Å². The van der Waals surface area contributed by atoms with Gasteiger partial charge in [0.15, 0.2) is 0 Å². The Kier molecular flexibility index (Phi) is 5.94. The molecule has 0 spiro atoms. The Morgan fingerprint density at radius 3 is 2.77 bits per heavy atom. The number of aromatic nitrogens is 2. The van der Waals surface area contributed by atoms with Crippen LogP contribution in [-0.2, 0) is 16.1 Å². The number of H-pyrrole nitrogens is 1. The van der Waals surface area contributed by atoms with Crippen molar-refractivity contribution in [3.05, 3.63) is 18.2 Å². The minimum atomic E-state index is -0.433. The molecule has 0 bridgehead atoms. The third-order valence-corrected chi connectivity index (χ3v) is 5.95. The number of rotatable bonds is 7. The van der Waals surface area contributed by atoms with Crippen LogP contribution in [0.2, 0.25) is 0 Å². The normalized spacial score (nSPS) is 26.6. The van der Waals surface area contributed by atoms with Crippen LogP contribution in [0.3, 0.4) is 0 Å². The number of urea groups is 1. The minimum absolute atomic E-state index is 0.00229. The lowest BCUT2D eigenvalue weighted by Gasteiger charge is -2.42. The number of fused-ring (bicyclic) bond motifs is 1. The van der Waals surface area contributed by atoms with Crippen molar-refractivity contribution in [2.45, 2.75) is 63.8 Å². The second-order valence-corrected chi connectivity index (χ2v) is 8.85. The number of amides is 4. The average Bonchev–Trinajstić information content (AvgIpc) is 3.26. The third-order valence-electron chi connectivity index (χ3n) is 5.95. The molecule has 10 heteroatoms. The molecule has 1 aliphatic carbocycles. The lowest BCUT2D eigenvalue weighted by molar-refractivity contribution is -0.144. The number of imidazole rings is 1. The predicted molar refractivity (Wildman–Crippen MR) is 109 cm³/mol. The largest absolute Gasteiger partial charge is 0.354 e. The molecule has 0 aromatic carbocycles. The van der Waals surface area contributed by atoms with Crippen LogP contribution in [0.15, 0.2) is 12.4 Å². The summed E-state index contributed by atoms with van der Waals surface area (Å²) in [6, 6.07) is -0.630. The molecule has 1 aromatic heterocycles. The Bertz CT molecular complexity index is 777. The van der Waals surface area contributed by atoms with E-state index in [4.69, 9.17) is 0 Å². The molecule has 3 atom stereocenters. The summed E-state index contributed by atoms with van der Waals surface area (Å²) in [7, 11) is 0. The van der Waals surface area contributed by atoms with Crippen LogP contribution in [0.4, 0.5) is 4.79 Å². The third kappa shape index (κ3) is 4.75. The number of hydrogen-bond acceptors (Lipinski definition) is 5. The van der Waals surface area contributed by atoms with Gasteiger partial charge in [0, 0.05) is 50.0 Å². The van der Waals surface area contributed by atoms with Crippen molar-refractivity contribution in [2.75, 3.05) is 19.6 Å². The Labute approximate surface area is 176 Å². The topological polar surface area (TPSA) is 122 Å². The van der Waals surface area contributed by atoms with Gasteiger partial charge in [0.05, 0.1) is 12.6 Å². The first-order valence-corrected chi connectivity index (χ1v) is 10.8. The first kappa shape index (κ1) is 20.6. The summed E-state index contributed by atoms with van der Waals surface area (Å²) in [5, 5.41) is 8.78. The van der Waals surface area contributed by atoms with Gasteiger partial charge in [-0.3, -0.25) is 14.5 Å². The van der Waals surface area contributed by atoms with Crippen molar-refractivity contribution < 1.29 is 14.4 Å². The Balaban J connectivity index is 1.42. The van der Waals surface area contributed by atoms with Crippen molar-refractivity contribution >= 4 is 17.8 Å². The maximum atomic E-state index is 13.3. The van der Waals surface area contributed by atoms with Crippen molar-refractivity contribution in [2.24, 2.45) is 5.92 Å². The van der Waals surface area contributed by atoms with E-state index in [0.29, 0.717) is 32.6 Å². The molecule has 10 nitrogen and oxygen atoms in total. The highest BCUT2D eigenvalue weighted by atomic mass is 16.2. The summed E-state index contributed by atoms with van der Waals surface area (Å²) < 4.78 is 0. The summed E-state index contributed by atoms with van der Waals surface area (Å²) in [5.74, 6) is 0.935. The summed E-state index contributed by atoms with van der Waals surface area (Å²) in [6.45, 7) is 5.81. The van der Waals surface area contributed by atoms with E-state index in [1.54, 1.807) is 12.4 Å². The van der Waals surface area contributed by atoms with Crippen LogP contribution in [0.25, 0.3) is 0 Å². The molecule has 4 rings (SSSR count). The Hall–Kier alpha value is -2.62. The highest BCUT2D eigenvalue weighted by Gasteiger charge is 2.46. The molecule has 4 N–H and O–H groups in total. The standard InChI is InChI=1S/C20H31N7O3/c1-12(2)24-20(30)25-14-7-15-10-26(11-17-21-5-6-22-17)16(19(29)27(15)9-14)8-23-18(28)13-3-4-13/h5-6,12-16H,3-4,7-11H2,1-2H3,(H,21,22)(H,23,28)(H2,24,25,30)/t14-,15-,16-/m0/s1. The summed E-state index contributed by atoms with van der Waals surface area (Å²) >= 11 is 0. The quantitative estimate of drug-likeness (QED) is 0.489. The second kappa shape index (κ2) is 8.63. The van der Waals surface area contributed by atoms with Gasteiger partial charge in [-0.25, -0.2) is 9.78 Å². The molecule has 3 aliphatic rings. The van der Waals surface area contributed by atoms with Gasteiger partial charge in [0.2, 0.25) is 11.8 Å². The van der Waals surface area contributed by atoms with Gasteiger partial charge in [-0.1, -0.05) is 0 Å². The maximum absolute atomic E-state index is 13.3. The Morgan fingerprint density at radius 2 is 2.10 bits per heavy atom. The van der Waals surface area contributed by atoms with Crippen molar-refractivity contribution in [1.82, 2.24) is 35.7 Å². The molecule has 2 aliphatic heterocycles. The average molecular weight is 418 g/mol. The number of aromatic amines is 1.